The number of fused-ring (bicyclic) bond motifs is 2. The first-order chi connectivity index (χ1) is 6.16. The smallest absolute Gasteiger partial charge is 0.226 e. The number of amides is 1. The fraction of sp³-hybridized carbons (Fsp3) is 0.900. The highest BCUT2D eigenvalue weighted by Gasteiger charge is 2.44. The van der Waals surface area contributed by atoms with Crippen molar-refractivity contribution in [2.75, 3.05) is 0 Å². The van der Waals surface area contributed by atoms with E-state index in [-0.39, 0.29) is 24.0 Å². The third-order valence-electron chi connectivity index (χ3n) is 2.87. The monoisotopic (exact) mass is 183 g/mol. The third kappa shape index (κ3) is 1.70. The van der Waals surface area contributed by atoms with Gasteiger partial charge >= 0.3 is 0 Å². The minimum atomic E-state index is 0.126. The molecule has 0 aromatic heterocycles. The first kappa shape index (κ1) is 9.00. The lowest BCUT2D eigenvalue weighted by molar-refractivity contribution is -0.127. The molecule has 0 unspecified atom stereocenters. The Hall–Kier alpha value is -0.570. The topological polar surface area (TPSA) is 38.3 Å². The molecule has 3 heteroatoms. The molecule has 3 atom stereocenters. The van der Waals surface area contributed by atoms with Gasteiger partial charge in [0, 0.05) is 6.04 Å². The van der Waals surface area contributed by atoms with Gasteiger partial charge in [-0.05, 0) is 33.1 Å². The maximum atomic E-state index is 11.7. The molecule has 1 N–H and O–H groups in total. The van der Waals surface area contributed by atoms with Crippen LogP contribution in [0.4, 0.5) is 0 Å². The molecule has 0 radical (unpaired) electrons. The normalized spacial score (nSPS) is 37.0. The molecule has 2 aliphatic heterocycles. The number of carbonyl (C=O) groups is 1. The number of rotatable bonds is 2. The van der Waals surface area contributed by atoms with Crippen LogP contribution < -0.4 is 5.32 Å². The minimum absolute atomic E-state index is 0.126. The van der Waals surface area contributed by atoms with Crippen molar-refractivity contribution in [2.24, 2.45) is 5.92 Å². The molecule has 74 valence electrons. The van der Waals surface area contributed by atoms with Crippen molar-refractivity contribution < 1.29 is 9.53 Å². The van der Waals surface area contributed by atoms with Crippen LogP contribution in [0, 0.1) is 5.92 Å². The van der Waals surface area contributed by atoms with Crippen LogP contribution in [-0.4, -0.2) is 24.2 Å². The van der Waals surface area contributed by atoms with Crippen LogP contribution in [-0.2, 0) is 9.53 Å². The van der Waals surface area contributed by atoms with E-state index in [1.807, 2.05) is 13.8 Å². The molecular formula is C10H17NO2. The lowest BCUT2D eigenvalue weighted by atomic mass is 9.88. The first-order valence-corrected chi connectivity index (χ1v) is 5.12. The van der Waals surface area contributed by atoms with E-state index in [9.17, 15) is 4.79 Å². The van der Waals surface area contributed by atoms with Crippen LogP contribution in [0.25, 0.3) is 0 Å². The first-order valence-electron chi connectivity index (χ1n) is 5.12. The Morgan fingerprint density at radius 3 is 2.69 bits per heavy atom. The van der Waals surface area contributed by atoms with Crippen molar-refractivity contribution in [3.05, 3.63) is 0 Å². The second-order valence-electron chi connectivity index (χ2n) is 4.38. The van der Waals surface area contributed by atoms with Crippen molar-refractivity contribution in [1.82, 2.24) is 5.32 Å². The number of hydrogen-bond acceptors (Lipinski definition) is 2. The van der Waals surface area contributed by atoms with E-state index in [2.05, 4.69) is 5.32 Å². The average Bonchev–Trinajstić information content (AvgIpc) is 2.62. The quantitative estimate of drug-likeness (QED) is 0.695. The lowest BCUT2D eigenvalue weighted by Crippen LogP contribution is -2.39. The summed E-state index contributed by atoms with van der Waals surface area (Å²) < 4.78 is 5.63. The zero-order valence-electron chi connectivity index (χ0n) is 8.25. The van der Waals surface area contributed by atoms with Gasteiger partial charge in [-0.1, -0.05) is 0 Å². The lowest BCUT2D eigenvalue weighted by Gasteiger charge is -2.19. The standard InChI is InChI=1S/C10H17NO2/c1-6(2)11-10(12)8-5-7-3-4-9(8)13-7/h6-9H,3-5H2,1-2H3,(H,11,12)/t7-,8-,9+/m1/s1. The fourth-order valence-electron chi connectivity index (χ4n) is 2.31. The average molecular weight is 183 g/mol. The van der Waals surface area contributed by atoms with E-state index in [1.54, 1.807) is 0 Å². The molecule has 0 spiro atoms. The summed E-state index contributed by atoms with van der Waals surface area (Å²) >= 11 is 0. The predicted molar refractivity (Wildman–Crippen MR) is 49.3 cm³/mol. The van der Waals surface area contributed by atoms with Crippen molar-refractivity contribution in [3.8, 4) is 0 Å². The molecule has 0 saturated carbocycles. The van der Waals surface area contributed by atoms with E-state index < -0.39 is 0 Å². The second kappa shape index (κ2) is 3.29. The van der Waals surface area contributed by atoms with Crippen LogP contribution in [0.5, 0.6) is 0 Å². The van der Waals surface area contributed by atoms with E-state index >= 15 is 0 Å². The molecule has 3 nitrogen and oxygen atoms in total. The zero-order chi connectivity index (χ0) is 9.42. The van der Waals surface area contributed by atoms with Crippen molar-refractivity contribution >= 4 is 5.91 Å². The Morgan fingerprint density at radius 2 is 2.23 bits per heavy atom. The molecule has 2 bridgehead atoms. The summed E-state index contributed by atoms with van der Waals surface area (Å²) in [5.74, 6) is 0.309. The summed E-state index contributed by atoms with van der Waals surface area (Å²) in [6, 6.07) is 0.242. The molecule has 0 aliphatic carbocycles. The molecule has 1 amide bonds. The summed E-state index contributed by atoms with van der Waals surface area (Å²) in [6.45, 7) is 3.98. The predicted octanol–water partition coefficient (Wildman–Crippen LogP) is 1.08. The van der Waals surface area contributed by atoms with Crippen LogP contribution >= 0.6 is 0 Å². The molecule has 13 heavy (non-hydrogen) atoms. The molecule has 2 rings (SSSR count). The highest BCUT2D eigenvalue weighted by Crippen LogP contribution is 2.38. The van der Waals surface area contributed by atoms with Gasteiger partial charge in [-0.3, -0.25) is 4.79 Å². The Kier molecular flexibility index (Phi) is 2.28. The van der Waals surface area contributed by atoms with Gasteiger partial charge in [0.15, 0.2) is 0 Å². The van der Waals surface area contributed by atoms with Crippen LogP contribution in [0.2, 0.25) is 0 Å². The van der Waals surface area contributed by atoms with E-state index in [4.69, 9.17) is 4.74 Å². The molecule has 2 saturated heterocycles. The van der Waals surface area contributed by atoms with E-state index in [0.717, 1.165) is 19.3 Å². The Balaban J connectivity index is 1.91. The molecule has 0 aromatic rings. The van der Waals surface area contributed by atoms with Crippen molar-refractivity contribution in [3.63, 3.8) is 0 Å². The highest BCUT2D eigenvalue weighted by molar-refractivity contribution is 5.80. The minimum Gasteiger partial charge on any atom is -0.374 e. The summed E-state index contributed by atoms with van der Waals surface area (Å²) in [5, 5.41) is 2.95. The highest BCUT2D eigenvalue weighted by atomic mass is 16.5. The largest absolute Gasteiger partial charge is 0.374 e. The SMILES string of the molecule is CC(C)NC(=O)[C@@H]1C[C@H]2CC[C@@H]1O2. The fourth-order valence-corrected chi connectivity index (χ4v) is 2.31. The zero-order valence-corrected chi connectivity index (χ0v) is 8.25. The van der Waals surface area contributed by atoms with Gasteiger partial charge in [-0.15, -0.1) is 0 Å². The van der Waals surface area contributed by atoms with Gasteiger partial charge < -0.3 is 10.1 Å². The Morgan fingerprint density at radius 1 is 1.46 bits per heavy atom. The van der Waals surface area contributed by atoms with Gasteiger partial charge in [0.25, 0.3) is 0 Å². The molecular weight excluding hydrogens is 166 g/mol. The summed E-state index contributed by atoms with van der Waals surface area (Å²) in [4.78, 5) is 11.7. The van der Waals surface area contributed by atoms with Crippen LogP contribution in [0.1, 0.15) is 33.1 Å². The maximum Gasteiger partial charge on any atom is 0.226 e. The van der Waals surface area contributed by atoms with Gasteiger partial charge in [0.1, 0.15) is 0 Å². The number of carbonyl (C=O) groups excluding carboxylic acids is 1. The van der Waals surface area contributed by atoms with Crippen molar-refractivity contribution in [1.29, 1.82) is 0 Å². The molecule has 0 aromatic carbocycles. The van der Waals surface area contributed by atoms with Gasteiger partial charge in [0.05, 0.1) is 18.1 Å². The summed E-state index contributed by atoms with van der Waals surface area (Å²) in [6.07, 6.45) is 3.73. The van der Waals surface area contributed by atoms with Gasteiger partial charge in [-0.2, -0.15) is 0 Å². The molecule has 2 heterocycles. The van der Waals surface area contributed by atoms with Gasteiger partial charge in [0.2, 0.25) is 5.91 Å². The third-order valence-corrected chi connectivity index (χ3v) is 2.87. The van der Waals surface area contributed by atoms with Crippen molar-refractivity contribution in [2.45, 2.75) is 51.4 Å². The van der Waals surface area contributed by atoms with E-state index in [1.165, 1.54) is 0 Å². The van der Waals surface area contributed by atoms with Gasteiger partial charge in [-0.25, -0.2) is 0 Å². The van der Waals surface area contributed by atoms with E-state index in [0.29, 0.717) is 6.10 Å². The second-order valence-corrected chi connectivity index (χ2v) is 4.38. The number of hydrogen-bond donors (Lipinski definition) is 1. The van der Waals surface area contributed by atoms with Crippen LogP contribution in [0.3, 0.4) is 0 Å². The van der Waals surface area contributed by atoms with Crippen LogP contribution in [0.15, 0.2) is 0 Å². The molecule has 2 fully saturated rings. The summed E-state index contributed by atoms with van der Waals surface area (Å²) in [5.41, 5.74) is 0. The summed E-state index contributed by atoms with van der Waals surface area (Å²) in [7, 11) is 0. The number of nitrogens with one attached hydrogen (secondary N) is 1. The molecule has 2 aliphatic rings. The Labute approximate surface area is 78.8 Å². The number of ether oxygens (including phenoxy) is 1. The maximum absolute atomic E-state index is 11.7. The Bertz CT molecular complexity index is 215.